The Bertz CT molecular complexity index is 79.2. The molecule has 0 aromatic rings. The molecule has 0 atom stereocenters. The van der Waals surface area contributed by atoms with Crippen LogP contribution in [0.15, 0.2) is 0 Å². The van der Waals surface area contributed by atoms with Gasteiger partial charge in [0.15, 0.2) is 0 Å². The Morgan fingerprint density at radius 3 is 1.00 bits per heavy atom. The molecule has 0 heterocycles. The third-order valence-corrected chi connectivity index (χ3v) is 4.80. The summed E-state index contributed by atoms with van der Waals surface area (Å²) in [6.07, 6.45) is 0. The molecule has 51 valence electrons. The molecule has 1 radical (unpaired) electrons. The number of hydrogen-bond donors (Lipinski definition) is 0. The van der Waals surface area contributed by atoms with Crippen LogP contribution in [0.4, 0.5) is 0 Å². The van der Waals surface area contributed by atoms with Gasteiger partial charge in [0.1, 0.15) is 0 Å². The quantitative estimate of drug-likeness (QED) is 0.479. The fourth-order valence-electron chi connectivity index (χ4n) is 0. The molecule has 0 N–H and O–H groups in total. The molecule has 8 heavy (non-hydrogen) atoms. The van der Waals surface area contributed by atoms with Gasteiger partial charge in [-0.3, -0.25) is 0 Å². The molecular formula is C6H18NP+. The van der Waals surface area contributed by atoms with Crippen molar-refractivity contribution >= 4 is 6.75 Å². The third-order valence-electron chi connectivity index (χ3n) is 1.60. The van der Waals surface area contributed by atoms with Gasteiger partial charge in [0.05, 0.1) is 0 Å². The first kappa shape index (κ1) is 8.39. The summed E-state index contributed by atoms with van der Waals surface area (Å²) in [7, 11) is 4.30. The summed E-state index contributed by atoms with van der Waals surface area (Å²) in [4.78, 5) is 0. The summed E-state index contributed by atoms with van der Waals surface area (Å²) in [5.74, 6) is 0. The minimum absolute atomic E-state index is 1.35. The predicted molar refractivity (Wildman–Crippen MR) is 44.6 cm³/mol. The van der Waals surface area contributed by atoms with Crippen LogP contribution < -0.4 is 4.67 Å². The summed E-state index contributed by atoms with van der Waals surface area (Å²) in [5, 5.41) is 0. The summed E-state index contributed by atoms with van der Waals surface area (Å²) in [6.45, 7) is 8.00. The van der Waals surface area contributed by atoms with Crippen LogP contribution in [0.25, 0.3) is 0 Å². The molecule has 2 heteroatoms. The number of nitrogens with zero attached hydrogens (tertiary/aromatic N) is 1. The standard InChI is InChI=1S/C6H18NP/c1-7(2)8(3,4,5)6/h1-6H3/q+1. The fraction of sp³-hybridized carbons (Fsp3) is 1.00. The molecule has 0 unspecified atom stereocenters. The van der Waals surface area contributed by atoms with Crippen LogP contribution in [-0.4, -0.2) is 40.8 Å². The molecular weight excluding hydrogens is 117 g/mol. The molecule has 0 fully saturated rings. The Labute approximate surface area is 53.0 Å². The van der Waals surface area contributed by atoms with Crippen molar-refractivity contribution in [2.24, 2.45) is 0 Å². The van der Waals surface area contributed by atoms with E-state index in [0.29, 0.717) is 0 Å². The van der Waals surface area contributed by atoms with E-state index in [1.807, 2.05) is 0 Å². The number of rotatable bonds is 1. The second kappa shape index (κ2) is 1.68. The Hall–Kier alpha value is 0.390. The fourth-order valence-corrected chi connectivity index (χ4v) is 0. The van der Waals surface area contributed by atoms with Crippen LogP contribution in [0.1, 0.15) is 0 Å². The van der Waals surface area contributed by atoms with Gasteiger partial charge in [-0.2, -0.15) is 0 Å². The molecule has 0 rings (SSSR count). The first-order valence-electron chi connectivity index (χ1n) is 2.88. The van der Waals surface area contributed by atoms with Gasteiger partial charge in [-0.1, -0.05) is 0 Å². The van der Waals surface area contributed by atoms with Crippen LogP contribution in [-0.2, 0) is 0 Å². The Morgan fingerprint density at radius 2 is 1.00 bits per heavy atom. The topological polar surface area (TPSA) is 5.90 Å². The molecule has 0 aromatic carbocycles. The summed E-state index contributed by atoms with van der Waals surface area (Å²) < 4.78 is 2.34. The Kier molecular flexibility index (Phi) is 1.77. The molecule has 0 spiro atoms. The normalized spacial score (nSPS) is 18.1. The van der Waals surface area contributed by atoms with Gasteiger partial charge in [0.2, 0.25) is 0 Å². The van der Waals surface area contributed by atoms with E-state index in [4.69, 9.17) is 0 Å². The summed E-state index contributed by atoms with van der Waals surface area (Å²) in [6, 6.07) is 0. The average molecular weight is 135 g/mol. The van der Waals surface area contributed by atoms with E-state index >= 15 is 0 Å². The van der Waals surface area contributed by atoms with Gasteiger partial charge in [0, 0.05) is 0 Å². The zero-order valence-corrected chi connectivity index (χ0v) is 7.79. The average Bonchev–Trinajstić information content (AvgIpc) is 1.27. The van der Waals surface area contributed by atoms with E-state index in [1.54, 1.807) is 0 Å². The molecule has 0 aliphatic heterocycles. The van der Waals surface area contributed by atoms with Gasteiger partial charge in [-0.05, 0) is 0 Å². The van der Waals surface area contributed by atoms with Crippen LogP contribution in [0, 0.1) is 0 Å². The van der Waals surface area contributed by atoms with Crippen molar-refractivity contribution in [1.29, 1.82) is 0 Å². The van der Waals surface area contributed by atoms with Gasteiger partial charge >= 0.3 is 52.2 Å². The molecule has 0 saturated carbocycles. The van der Waals surface area contributed by atoms with Gasteiger partial charge in [0.25, 0.3) is 0 Å². The minimum atomic E-state index is -1.35. The SMILES string of the molecule is C[N+](C)P(C)(C)(C)C. The van der Waals surface area contributed by atoms with Crippen LogP contribution in [0.5, 0.6) is 0 Å². The maximum absolute atomic E-state index is 2.34. The van der Waals surface area contributed by atoms with Crippen molar-refractivity contribution in [2.75, 3.05) is 40.8 Å². The van der Waals surface area contributed by atoms with E-state index in [1.165, 1.54) is 0 Å². The van der Waals surface area contributed by atoms with Crippen LogP contribution in [0.3, 0.4) is 0 Å². The second-order valence-electron chi connectivity index (χ2n) is 4.33. The van der Waals surface area contributed by atoms with E-state index in [0.717, 1.165) is 0 Å². The first-order chi connectivity index (χ1) is 3.20. The molecule has 0 bridgehead atoms. The third kappa shape index (κ3) is 2.64. The van der Waals surface area contributed by atoms with Crippen LogP contribution in [0.2, 0.25) is 0 Å². The molecule has 0 aliphatic carbocycles. The monoisotopic (exact) mass is 135 g/mol. The van der Waals surface area contributed by atoms with Gasteiger partial charge in [-0.15, -0.1) is 0 Å². The predicted octanol–water partition coefficient (Wildman–Crippen LogP) is 1.37. The van der Waals surface area contributed by atoms with Crippen molar-refractivity contribution in [3.63, 3.8) is 0 Å². The summed E-state index contributed by atoms with van der Waals surface area (Å²) >= 11 is 0. The molecule has 0 aliphatic rings. The van der Waals surface area contributed by atoms with Crippen molar-refractivity contribution < 1.29 is 0 Å². The Morgan fingerprint density at radius 1 is 0.875 bits per heavy atom. The van der Waals surface area contributed by atoms with E-state index in [2.05, 4.69) is 45.4 Å². The van der Waals surface area contributed by atoms with E-state index < -0.39 is 6.75 Å². The Balaban J connectivity index is 4.14. The van der Waals surface area contributed by atoms with E-state index in [-0.39, 0.29) is 0 Å². The van der Waals surface area contributed by atoms with Crippen molar-refractivity contribution in [3.8, 4) is 0 Å². The number of hydrogen-bond acceptors (Lipinski definition) is 1. The van der Waals surface area contributed by atoms with Crippen molar-refractivity contribution in [3.05, 3.63) is 0 Å². The van der Waals surface area contributed by atoms with Crippen molar-refractivity contribution in [2.45, 2.75) is 0 Å². The zero-order chi connectivity index (χ0) is 7.02. The summed E-state index contributed by atoms with van der Waals surface area (Å²) in [5.41, 5.74) is 0. The second-order valence-corrected chi connectivity index (χ2v) is 12.1. The maximum atomic E-state index is 2.34. The molecule has 0 amide bonds. The van der Waals surface area contributed by atoms with Gasteiger partial charge in [-0.25, -0.2) is 0 Å². The first-order valence-corrected chi connectivity index (χ1v) is 6.86. The van der Waals surface area contributed by atoms with Crippen LogP contribution >= 0.6 is 6.75 Å². The van der Waals surface area contributed by atoms with Crippen molar-refractivity contribution in [1.82, 2.24) is 4.67 Å². The zero-order valence-electron chi connectivity index (χ0n) is 6.89. The molecule has 0 saturated heterocycles. The molecule has 1 nitrogen and oxygen atoms in total. The molecule has 0 aromatic heterocycles. The van der Waals surface area contributed by atoms with Gasteiger partial charge < -0.3 is 0 Å². The van der Waals surface area contributed by atoms with E-state index in [9.17, 15) is 0 Å².